The van der Waals surface area contributed by atoms with Crippen LogP contribution in [0.2, 0.25) is 0 Å². The molecular weight excluding hydrogens is 168 g/mol. The van der Waals surface area contributed by atoms with E-state index in [1.165, 1.54) is 0 Å². The van der Waals surface area contributed by atoms with Gasteiger partial charge in [0.1, 0.15) is 11.9 Å². The monoisotopic (exact) mass is 180 g/mol. The molecule has 1 aromatic heterocycles. The minimum absolute atomic E-state index is 0.0146. The topological polar surface area (TPSA) is 54.3 Å². The Balaban J connectivity index is 2.21. The van der Waals surface area contributed by atoms with Gasteiger partial charge in [-0.2, -0.15) is 0 Å². The van der Waals surface area contributed by atoms with Gasteiger partial charge in [0, 0.05) is 0 Å². The number of hydrogen-bond donors (Lipinski definition) is 2. The molecule has 0 spiro atoms. The smallest absolute Gasteiger partial charge is 0.238 e. The van der Waals surface area contributed by atoms with E-state index in [0.717, 1.165) is 11.3 Å². The second-order valence-electron chi connectivity index (χ2n) is 3.30. The molecule has 70 valence electrons. The first-order valence-electron chi connectivity index (χ1n) is 4.29. The molecule has 13 heavy (non-hydrogen) atoms. The largest absolute Gasteiger partial charge is 0.465 e. The Kier molecular flexibility index (Phi) is 1.84. The average Bonchev–Trinajstić information content (AvgIpc) is 2.60. The Labute approximate surface area is 76.3 Å². The molecular formula is C9H12N2O2. The number of amides is 1. The van der Waals surface area contributed by atoms with E-state index in [4.69, 9.17) is 4.42 Å². The van der Waals surface area contributed by atoms with Crippen molar-refractivity contribution >= 4 is 5.91 Å². The van der Waals surface area contributed by atoms with Crippen molar-refractivity contribution in [2.24, 2.45) is 0 Å². The number of rotatable bonds is 1. The highest BCUT2D eigenvalue weighted by atomic mass is 16.3. The van der Waals surface area contributed by atoms with Gasteiger partial charge < -0.3 is 9.73 Å². The summed E-state index contributed by atoms with van der Waals surface area (Å²) in [5, 5.41) is 5.90. The third-order valence-electron chi connectivity index (χ3n) is 2.26. The van der Waals surface area contributed by atoms with Crippen LogP contribution in [0.25, 0.3) is 0 Å². The summed E-state index contributed by atoms with van der Waals surface area (Å²) in [5.41, 5.74) is 1.05. The van der Waals surface area contributed by atoms with Gasteiger partial charge in [-0.25, -0.2) is 0 Å². The SMILES string of the molecule is Cc1ccoc1C1NC(=O)C(C)N1. The van der Waals surface area contributed by atoms with Gasteiger partial charge in [-0.05, 0) is 25.5 Å². The second-order valence-corrected chi connectivity index (χ2v) is 3.30. The minimum atomic E-state index is -0.169. The quantitative estimate of drug-likeness (QED) is 0.668. The summed E-state index contributed by atoms with van der Waals surface area (Å²) in [7, 11) is 0. The second kappa shape index (κ2) is 2.88. The predicted molar refractivity (Wildman–Crippen MR) is 46.9 cm³/mol. The van der Waals surface area contributed by atoms with Crippen molar-refractivity contribution < 1.29 is 9.21 Å². The number of aryl methyl sites for hydroxylation is 1. The lowest BCUT2D eigenvalue weighted by molar-refractivity contribution is -0.120. The van der Waals surface area contributed by atoms with E-state index >= 15 is 0 Å². The van der Waals surface area contributed by atoms with Gasteiger partial charge in [-0.1, -0.05) is 0 Å². The molecule has 1 amide bonds. The Morgan fingerprint density at radius 2 is 2.31 bits per heavy atom. The van der Waals surface area contributed by atoms with Gasteiger partial charge in [0.2, 0.25) is 5.91 Å². The molecule has 1 fully saturated rings. The predicted octanol–water partition coefficient (Wildman–Crippen LogP) is 0.695. The van der Waals surface area contributed by atoms with Crippen LogP contribution in [0.4, 0.5) is 0 Å². The Morgan fingerprint density at radius 3 is 2.77 bits per heavy atom. The lowest BCUT2D eigenvalue weighted by Crippen LogP contribution is -2.24. The first kappa shape index (κ1) is 8.31. The van der Waals surface area contributed by atoms with Gasteiger partial charge in [0.15, 0.2) is 0 Å². The highest BCUT2D eigenvalue weighted by molar-refractivity contribution is 5.83. The summed E-state index contributed by atoms with van der Waals surface area (Å²) < 4.78 is 5.27. The van der Waals surface area contributed by atoms with E-state index in [1.54, 1.807) is 6.26 Å². The summed E-state index contributed by atoms with van der Waals surface area (Å²) in [6.45, 7) is 3.78. The molecule has 2 rings (SSSR count). The first-order valence-corrected chi connectivity index (χ1v) is 4.29. The molecule has 0 aliphatic carbocycles. The Hall–Kier alpha value is -1.29. The van der Waals surface area contributed by atoms with Gasteiger partial charge in [-0.15, -0.1) is 0 Å². The van der Waals surface area contributed by atoms with Crippen LogP contribution in [0.5, 0.6) is 0 Å². The fourth-order valence-corrected chi connectivity index (χ4v) is 1.46. The van der Waals surface area contributed by atoms with Crippen molar-refractivity contribution in [2.75, 3.05) is 0 Å². The first-order chi connectivity index (χ1) is 6.18. The van der Waals surface area contributed by atoms with Crippen LogP contribution in [-0.4, -0.2) is 11.9 Å². The summed E-state index contributed by atoms with van der Waals surface area (Å²) in [5.74, 6) is 0.804. The zero-order valence-electron chi connectivity index (χ0n) is 7.63. The van der Waals surface area contributed by atoms with Crippen molar-refractivity contribution in [1.82, 2.24) is 10.6 Å². The van der Waals surface area contributed by atoms with Gasteiger partial charge in [-0.3, -0.25) is 10.1 Å². The fourth-order valence-electron chi connectivity index (χ4n) is 1.46. The molecule has 4 nitrogen and oxygen atoms in total. The van der Waals surface area contributed by atoms with Gasteiger partial charge >= 0.3 is 0 Å². The molecule has 0 saturated carbocycles. The fraction of sp³-hybridized carbons (Fsp3) is 0.444. The normalized spacial score (nSPS) is 27.7. The maximum Gasteiger partial charge on any atom is 0.238 e. The van der Waals surface area contributed by atoms with Crippen LogP contribution in [-0.2, 0) is 4.79 Å². The van der Waals surface area contributed by atoms with E-state index in [-0.39, 0.29) is 18.1 Å². The van der Waals surface area contributed by atoms with E-state index in [1.807, 2.05) is 19.9 Å². The third kappa shape index (κ3) is 1.33. The maximum atomic E-state index is 11.2. The number of nitrogens with one attached hydrogen (secondary N) is 2. The molecule has 2 atom stereocenters. The van der Waals surface area contributed by atoms with Crippen molar-refractivity contribution in [3.63, 3.8) is 0 Å². The van der Waals surface area contributed by atoms with E-state index in [2.05, 4.69) is 10.6 Å². The highest BCUT2D eigenvalue weighted by Gasteiger charge is 2.30. The van der Waals surface area contributed by atoms with Crippen LogP contribution in [0.3, 0.4) is 0 Å². The van der Waals surface area contributed by atoms with Crippen LogP contribution >= 0.6 is 0 Å². The summed E-state index contributed by atoms with van der Waals surface area (Å²) in [4.78, 5) is 11.2. The number of carbonyl (C=O) groups excluding carboxylic acids is 1. The van der Waals surface area contributed by atoms with E-state index in [9.17, 15) is 4.79 Å². The number of furan rings is 1. The van der Waals surface area contributed by atoms with Crippen LogP contribution in [0.15, 0.2) is 16.7 Å². The summed E-state index contributed by atoms with van der Waals surface area (Å²) in [6, 6.07) is 1.74. The Morgan fingerprint density at radius 1 is 1.54 bits per heavy atom. The van der Waals surface area contributed by atoms with Crippen LogP contribution in [0.1, 0.15) is 24.4 Å². The molecule has 0 aromatic carbocycles. The van der Waals surface area contributed by atoms with Gasteiger partial charge in [0.25, 0.3) is 0 Å². The molecule has 2 N–H and O–H groups in total. The average molecular weight is 180 g/mol. The molecule has 1 aliphatic heterocycles. The molecule has 1 aromatic rings. The van der Waals surface area contributed by atoms with Gasteiger partial charge in [0.05, 0.1) is 12.3 Å². The lowest BCUT2D eigenvalue weighted by Gasteiger charge is -2.08. The highest BCUT2D eigenvalue weighted by Crippen LogP contribution is 2.19. The third-order valence-corrected chi connectivity index (χ3v) is 2.26. The molecule has 0 bridgehead atoms. The van der Waals surface area contributed by atoms with Crippen molar-refractivity contribution in [3.8, 4) is 0 Å². The molecule has 2 unspecified atom stereocenters. The number of carbonyl (C=O) groups is 1. The molecule has 1 saturated heterocycles. The van der Waals surface area contributed by atoms with Crippen molar-refractivity contribution in [3.05, 3.63) is 23.7 Å². The standard InChI is InChI=1S/C9H12N2O2/c1-5-3-4-13-7(5)8-10-6(2)9(12)11-8/h3-4,6,8,10H,1-2H3,(H,11,12). The summed E-state index contributed by atoms with van der Waals surface area (Å²) >= 11 is 0. The van der Waals surface area contributed by atoms with E-state index < -0.39 is 0 Å². The molecule has 0 radical (unpaired) electrons. The van der Waals surface area contributed by atoms with Crippen LogP contribution < -0.4 is 10.6 Å². The summed E-state index contributed by atoms with van der Waals surface area (Å²) in [6.07, 6.45) is 1.46. The molecule has 4 heteroatoms. The van der Waals surface area contributed by atoms with E-state index in [0.29, 0.717) is 0 Å². The van der Waals surface area contributed by atoms with Crippen molar-refractivity contribution in [2.45, 2.75) is 26.1 Å². The Bertz CT molecular complexity index is 332. The maximum absolute atomic E-state index is 11.2. The minimum Gasteiger partial charge on any atom is -0.465 e. The zero-order chi connectivity index (χ0) is 9.42. The number of hydrogen-bond acceptors (Lipinski definition) is 3. The van der Waals surface area contributed by atoms with Crippen molar-refractivity contribution in [1.29, 1.82) is 0 Å². The molecule has 2 heterocycles. The zero-order valence-corrected chi connectivity index (χ0v) is 7.63. The molecule has 1 aliphatic rings. The van der Waals surface area contributed by atoms with Crippen LogP contribution in [0, 0.1) is 6.92 Å². The lowest BCUT2D eigenvalue weighted by atomic mass is 10.2.